The first-order valence-electron chi connectivity index (χ1n) is 7.94. The van der Waals surface area contributed by atoms with Crippen molar-refractivity contribution in [3.63, 3.8) is 0 Å². The minimum Gasteiger partial charge on any atom is -0.380 e. The number of rotatable bonds is 7. The summed E-state index contributed by atoms with van der Waals surface area (Å²) in [6.45, 7) is 4.41. The summed E-state index contributed by atoms with van der Waals surface area (Å²) in [5.41, 5.74) is 2.32. The second-order valence-corrected chi connectivity index (χ2v) is 6.12. The topological polar surface area (TPSA) is 37.3 Å². The molecule has 0 aromatic heterocycles. The molecular formula is C20H24O2. The van der Waals surface area contributed by atoms with Gasteiger partial charge in [0.05, 0.1) is 0 Å². The molecule has 0 radical (unpaired) electrons. The summed E-state index contributed by atoms with van der Waals surface area (Å²) in [5.74, 6) is 0.448. The summed E-state index contributed by atoms with van der Waals surface area (Å²) in [5, 5.41) is 10.3. The first-order valence-corrected chi connectivity index (χ1v) is 7.94. The maximum Gasteiger partial charge on any atom is 0.196 e. The van der Waals surface area contributed by atoms with Crippen LogP contribution in [0.4, 0.5) is 0 Å². The first-order chi connectivity index (χ1) is 10.6. The SMILES string of the molecule is CC(C)CCCc1ccccc1C(=O)C(O)c1ccccc1. The largest absolute Gasteiger partial charge is 0.380 e. The molecule has 22 heavy (non-hydrogen) atoms. The van der Waals surface area contributed by atoms with Crippen LogP contribution in [0.5, 0.6) is 0 Å². The molecule has 2 aromatic carbocycles. The lowest BCUT2D eigenvalue weighted by Crippen LogP contribution is -2.14. The number of ketones is 1. The van der Waals surface area contributed by atoms with Gasteiger partial charge in [0.15, 0.2) is 5.78 Å². The van der Waals surface area contributed by atoms with E-state index >= 15 is 0 Å². The first kappa shape index (κ1) is 16.4. The Kier molecular flexibility index (Phi) is 5.91. The van der Waals surface area contributed by atoms with E-state index in [1.54, 1.807) is 12.1 Å². The van der Waals surface area contributed by atoms with Gasteiger partial charge in [-0.3, -0.25) is 4.79 Å². The zero-order valence-electron chi connectivity index (χ0n) is 13.3. The van der Waals surface area contributed by atoms with Crippen molar-refractivity contribution < 1.29 is 9.90 Å². The molecule has 0 amide bonds. The van der Waals surface area contributed by atoms with Gasteiger partial charge >= 0.3 is 0 Å². The van der Waals surface area contributed by atoms with E-state index < -0.39 is 6.10 Å². The third-order valence-electron chi connectivity index (χ3n) is 3.87. The molecule has 0 spiro atoms. The maximum atomic E-state index is 12.6. The minimum atomic E-state index is -1.09. The molecular weight excluding hydrogens is 272 g/mol. The van der Waals surface area contributed by atoms with Crippen molar-refractivity contribution in [3.05, 3.63) is 71.3 Å². The molecule has 1 atom stereocenters. The summed E-state index contributed by atoms with van der Waals surface area (Å²) in [6, 6.07) is 16.7. The summed E-state index contributed by atoms with van der Waals surface area (Å²) in [6.07, 6.45) is 1.99. The van der Waals surface area contributed by atoms with Gasteiger partial charge in [-0.15, -0.1) is 0 Å². The van der Waals surface area contributed by atoms with Gasteiger partial charge in [0.1, 0.15) is 6.10 Å². The molecule has 0 saturated carbocycles. The van der Waals surface area contributed by atoms with E-state index in [9.17, 15) is 9.90 Å². The Balaban J connectivity index is 2.15. The Morgan fingerprint density at radius 2 is 1.64 bits per heavy atom. The van der Waals surface area contributed by atoms with E-state index in [0.717, 1.165) is 24.8 Å². The van der Waals surface area contributed by atoms with Crippen LogP contribution < -0.4 is 0 Å². The third kappa shape index (κ3) is 4.28. The monoisotopic (exact) mass is 296 g/mol. The molecule has 0 saturated heterocycles. The van der Waals surface area contributed by atoms with Crippen LogP contribution in [0, 0.1) is 5.92 Å². The molecule has 116 valence electrons. The van der Waals surface area contributed by atoms with Gasteiger partial charge in [-0.25, -0.2) is 0 Å². The third-order valence-corrected chi connectivity index (χ3v) is 3.87. The van der Waals surface area contributed by atoms with Crippen LogP contribution in [0.25, 0.3) is 0 Å². The molecule has 0 heterocycles. The minimum absolute atomic E-state index is 0.216. The Morgan fingerprint density at radius 1 is 1.00 bits per heavy atom. The summed E-state index contributed by atoms with van der Waals surface area (Å²) in [4.78, 5) is 12.6. The Bertz CT molecular complexity index is 602. The van der Waals surface area contributed by atoms with Gasteiger partial charge in [0.2, 0.25) is 0 Å². The number of hydrogen-bond donors (Lipinski definition) is 1. The highest BCUT2D eigenvalue weighted by molar-refractivity contribution is 6.01. The Labute approximate surface area is 132 Å². The number of aliphatic hydroxyl groups is 1. The predicted octanol–water partition coefficient (Wildman–Crippen LogP) is 4.58. The fraction of sp³-hybridized carbons (Fsp3) is 0.350. The van der Waals surface area contributed by atoms with Gasteiger partial charge in [0, 0.05) is 5.56 Å². The lowest BCUT2D eigenvalue weighted by Gasteiger charge is -2.14. The van der Waals surface area contributed by atoms with Crippen molar-refractivity contribution in [1.82, 2.24) is 0 Å². The number of Topliss-reactive ketones (excluding diaryl/α,β-unsaturated/α-hetero) is 1. The Morgan fingerprint density at radius 3 is 2.32 bits per heavy atom. The summed E-state index contributed by atoms with van der Waals surface area (Å²) < 4.78 is 0. The van der Waals surface area contributed by atoms with E-state index in [1.807, 2.05) is 42.5 Å². The number of aryl methyl sites for hydroxylation is 1. The van der Waals surface area contributed by atoms with Crippen LogP contribution in [0.15, 0.2) is 54.6 Å². The van der Waals surface area contributed by atoms with E-state index in [2.05, 4.69) is 13.8 Å². The van der Waals surface area contributed by atoms with Crippen molar-refractivity contribution in [2.45, 2.75) is 39.2 Å². The Hall–Kier alpha value is -1.93. The molecule has 0 aliphatic rings. The van der Waals surface area contributed by atoms with Crippen molar-refractivity contribution >= 4 is 5.78 Å². The summed E-state index contributed by atoms with van der Waals surface area (Å²) in [7, 11) is 0. The molecule has 1 unspecified atom stereocenters. The maximum absolute atomic E-state index is 12.6. The molecule has 0 bridgehead atoms. The van der Waals surface area contributed by atoms with Crippen LogP contribution in [-0.2, 0) is 6.42 Å². The molecule has 2 rings (SSSR count). The molecule has 0 aliphatic carbocycles. The quantitative estimate of drug-likeness (QED) is 0.759. The van der Waals surface area contributed by atoms with Crippen molar-refractivity contribution in [1.29, 1.82) is 0 Å². The van der Waals surface area contributed by atoms with Gasteiger partial charge in [-0.2, -0.15) is 0 Å². The van der Waals surface area contributed by atoms with Gasteiger partial charge in [-0.1, -0.05) is 74.9 Å². The number of hydrogen-bond acceptors (Lipinski definition) is 2. The van der Waals surface area contributed by atoms with Crippen LogP contribution in [0.1, 0.15) is 54.3 Å². The summed E-state index contributed by atoms with van der Waals surface area (Å²) >= 11 is 0. The highest BCUT2D eigenvalue weighted by Gasteiger charge is 2.21. The smallest absolute Gasteiger partial charge is 0.196 e. The van der Waals surface area contributed by atoms with Gasteiger partial charge in [-0.05, 0) is 29.9 Å². The van der Waals surface area contributed by atoms with E-state index in [1.165, 1.54) is 0 Å². The van der Waals surface area contributed by atoms with Crippen molar-refractivity contribution in [2.75, 3.05) is 0 Å². The van der Waals surface area contributed by atoms with Gasteiger partial charge in [0.25, 0.3) is 0 Å². The zero-order valence-corrected chi connectivity index (χ0v) is 13.3. The fourth-order valence-electron chi connectivity index (χ4n) is 2.61. The van der Waals surface area contributed by atoms with E-state index in [4.69, 9.17) is 0 Å². The molecule has 0 fully saturated rings. The molecule has 0 aliphatic heterocycles. The molecule has 1 N–H and O–H groups in total. The molecule has 2 heteroatoms. The number of aliphatic hydroxyl groups excluding tert-OH is 1. The highest BCUT2D eigenvalue weighted by Crippen LogP contribution is 2.22. The fourth-order valence-corrected chi connectivity index (χ4v) is 2.61. The van der Waals surface area contributed by atoms with Crippen LogP contribution in [-0.4, -0.2) is 10.9 Å². The average molecular weight is 296 g/mol. The standard InChI is InChI=1S/C20H24O2/c1-15(2)9-8-13-16-10-6-7-14-18(16)20(22)19(21)17-11-4-3-5-12-17/h3-7,10-12,14-15,19,21H,8-9,13H2,1-2H3. The van der Waals surface area contributed by atoms with E-state index in [0.29, 0.717) is 17.0 Å². The average Bonchev–Trinajstić information content (AvgIpc) is 2.54. The van der Waals surface area contributed by atoms with Crippen molar-refractivity contribution in [2.24, 2.45) is 5.92 Å². The van der Waals surface area contributed by atoms with Crippen molar-refractivity contribution in [3.8, 4) is 0 Å². The van der Waals surface area contributed by atoms with Crippen LogP contribution >= 0.6 is 0 Å². The highest BCUT2D eigenvalue weighted by atomic mass is 16.3. The lowest BCUT2D eigenvalue weighted by atomic mass is 9.93. The predicted molar refractivity (Wildman–Crippen MR) is 90.0 cm³/mol. The second-order valence-electron chi connectivity index (χ2n) is 6.12. The van der Waals surface area contributed by atoms with Crippen LogP contribution in [0.3, 0.4) is 0 Å². The zero-order chi connectivity index (χ0) is 15.9. The molecule has 2 aromatic rings. The number of benzene rings is 2. The number of carbonyl (C=O) groups excluding carboxylic acids is 1. The second kappa shape index (κ2) is 7.90. The van der Waals surface area contributed by atoms with E-state index in [-0.39, 0.29) is 5.78 Å². The van der Waals surface area contributed by atoms with Crippen LogP contribution in [0.2, 0.25) is 0 Å². The lowest BCUT2D eigenvalue weighted by molar-refractivity contribution is 0.0746. The number of carbonyl (C=O) groups is 1. The van der Waals surface area contributed by atoms with Gasteiger partial charge < -0.3 is 5.11 Å². The molecule has 2 nitrogen and oxygen atoms in total. The normalized spacial score (nSPS) is 12.4.